The molecule has 0 aromatic heterocycles. The molecule has 0 spiro atoms. The Morgan fingerprint density at radius 1 is 1.21 bits per heavy atom. The topological polar surface area (TPSA) is 20.3 Å². The number of carbonyl (C=O) groups is 1. The van der Waals surface area contributed by atoms with Gasteiger partial charge in [-0.1, -0.05) is 56.5 Å². The largest absolute Gasteiger partial charge is 0.324 e. The lowest BCUT2D eigenvalue weighted by molar-refractivity contribution is -0.111. The first-order chi connectivity index (χ1) is 8.93. The van der Waals surface area contributed by atoms with E-state index in [2.05, 4.69) is 31.1 Å². The van der Waals surface area contributed by atoms with Crippen molar-refractivity contribution < 1.29 is 4.79 Å². The minimum atomic E-state index is -1.22. The van der Waals surface area contributed by atoms with Crippen LogP contribution in [0.1, 0.15) is 19.8 Å². The van der Waals surface area contributed by atoms with Gasteiger partial charge in [-0.2, -0.15) is 0 Å². The summed E-state index contributed by atoms with van der Waals surface area (Å²) >= 11 is 1.36. The number of rotatable bonds is 7. The molecule has 1 aromatic rings. The molecule has 0 heterocycles. The van der Waals surface area contributed by atoms with Crippen molar-refractivity contribution in [1.82, 2.24) is 4.57 Å². The van der Waals surface area contributed by atoms with Gasteiger partial charge in [-0.25, -0.2) is 0 Å². The molecule has 4 heteroatoms. The van der Waals surface area contributed by atoms with E-state index in [0.29, 0.717) is 6.42 Å². The lowest BCUT2D eigenvalue weighted by Gasteiger charge is -2.32. The molecular weight excluding hydrogens is 270 g/mol. The maximum Gasteiger partial charge on any atom is 0.193 e. The van der Waals surface area contributed by atoms with Crippen LogP contribution >= 0.6 is 11.8 Å². The van der Waals surface area contributed by atoms with Crippen LogP contribution in [0.25, 0.3) is 0 Å². The van der Waals surface area contributed by atoms with E-state index in [1.807, 2.05) is 30.3 Å². The highest BCUT2D eigenvalue weighted by Gasteiger charge is 2.21. The van der Waals surface area contributed by atoms with Crippen LogP contribution in [0, 0.1) is 0 Å². The molecule has 0 saturated heterocycles. The fourth-order valence-electron chi connectivity index (χ4n) is 2.05. The Morgan fingerprint density at radius 2 is 1.84 bits per heavy atom. The maximum atomic E-state index is 11.9. The number of nitrogens with zero attached hydrogens (tertiary/aromatic N) is 1. The average Bonchev–Trinajstić information content (AvgIpc) is 2.34. The maximum absolute atomic E-state index is 11.9. The zero-order chi connectivity index (χ0) is 14.3. The van der Waals surface area contributed by atoms with Gasteiger partial charge < -0.3 is 4.57 Å². The van der Waals surface area contributed by atoms with Crippen LogP contribution in [0.5, 0.6) is 0 Å². The van der Waals surface area contributed by atoms with Gasteiger partial charge in [-0.3, -0.25) is 4.79 Å². The third kappa shape index (κ3) is 6.41. The normalized spacial score (nSPS) is 11.8. The Kier molecular flexibility index (Phi) is 6.83. The van der Waals surface area contributed by atoms with Crippen LogP contribution < -0.4 is 0 Å². The first kappa shape index (κ1) is 16.5. The minimum absolute atomic E-state index is 0.276. The van der Waals surface area contributed by atoms with E-state index in [1.54, 1.807) is 0 Å². The number of thioether (sulfide) groups is 1. The van der Waals surface area contributed by atoms with E-state index in [1.165, 1.54) is 11.8 Å². The lowest BCUT2D eigenvalue weighted by atomic mass is 10.3. The number of hydrogen-bond donors (Lipinski definition) is 0. The van der Waals surface area contributed by atoms with Gasteiger partial charge in [-0.05, 0) is 31.6 Å². The molecule has 0 aliphatic heterocycles. The first-order valence-corrected chi connectivity index (χ1v) is 11.2. The third-order valence-corrected chi connectivity index (χ3v) is 6.49. The summed E-state index contributed by atoms with van der Waals surface area (Å²) in [4.78, 5) is 12.9. The number of benzene rings is 1. The molecule has 0 fully saturated rings. The Bertz CT molecular complexity index is 389. The molecule has 0 N–H and O–H groups in total. The van der Waals surface area contributed by atoms with Crippen LogP contribution in [0.2, 0.25) is 19.6 Å². The van der Waals surface area contributed by atoms with Crippen molar-refractivity contribution in [3.8, 4) is 0 Å². The van der Waals surface area contributed by atoms with E-state index < -0.39 is 8.24 Å². The highest BCUT2D eigenvalue weighted by Crippen LogP contribution is 2.20. The lowest BCUT2D eigenvalue weighted by Crippen LogP contribution is -2.46. The average molecular weight is 296 g/mol. The van der Waals surface area contributed by atoms with E-state index in [-0.39, 0.29) is 5.12 Å². The van der Waals surface area contributed by atoms with Gasteiger partial charge in [0, 0.05) is 11.3 Å². The molecule has 0 aliphatic carbocycles. The van der Waals surface area contributed by atoms with Crippen LogP contribution in [0.3, 0.4) is 0 Å². The Balaban J connectivity index is 2.31. The summed E-state index contributed by atoms with van der Waals surface area (Å²) in [6.07, 6.45) is 1.64. The molecule has 0 saturated carbocycles. The predicted molar refractivity (Wildman–Crippen MR) is 87.1 cm³/mol. The van der Waals surface area contributed by atoms with Crippen LogP contribution in [-0.4, -0.2) is 31.0 Å². The van der Waals surface area contributed by atoms with Gasteiger partial charge in [0.25, 0.3) is 0 Å². The molecular formula is C15H25NOSSi. The smallest absolute Gasteiger partial charge is 0.193 e. The zero-order valence-corrected chi connectivity index (χ0v) is 14.3. The molecule has 0 bridgehead atoms. The molecule has 0 unspecified atom stereocenters. The van der Waals surface area contributed by atoms with Crippen LogP contribution in [0.4, 0.5) is 0 Å². The van der Waals surface area contributed by atoms with Crippen molar-refractivity contribution in [3.63, 3.8) is 0 Å². The van der Waals surface area contributed by atoms with Gasteiger partial charge in [-0.15, -0.1) is 0 Å². The molecule has 0 atom stereocenters. The summed E-state index contributed by atoms with van der Waals surface area (Å²) in [6, 6.07) is 9.90. The molecule has 19 heavy (non-hydrogen) atoms. The molecule has 0 aliphatic rings. The SMILES string of the molecule is CCN(CCCC(=O)Sc1ccccc1)[Si](C)(C)C. The van der Waals surface area contributed by atoms with Crippen molar-refractivity contribution in [2.75, 3.05) is 13.1 Å². The summed E-state index contributed by atoms with van der Waals surface area (Å²) in [6.45, 7) is 11.4. The van der Waals surface area contributed by atoms with E-state index in [9.17, 15) is 4.79 Å². The second-order valence-electron chi connectivity index (χ2n) is 5.64. The zero-order valence-electron chi connectivity index (χ0n) is 12.5. The molecule has 1 aromatic carbocycles. The molecule has 106 valence electrons. The van der Waals surface area contributed by atoms with Gasteiger partial charge in [0.1, 0.15) is 8.24 Å². The van der Waals surface area contributed by atoms with E-state index >= 15 is 0 Å². The fourth-order valence-corrected chi connectivity index (χ4v) is 4.63. The fraction of sp³-hybridized carbons (Fsp3) is 0.533. The van der Waals surface area contributed by atoms with Gasteiger partial charge in [0.05, 0.1) is 0 Å². The summed E-state index contributed by atoms with van der Waals surface area (Å²) in [7, 11) is -1.22. The van der Waals surface area contributed by atoms with Gasteiger partial charge >= 0.3 is 0 Å². The van der Waals surface area contributed by atoms with Crippen molar-refractivity contribution in [2.45, 2.75) is 44.3 Å². The van der Waals surface area contributed by atoms with Crippen LogP contribution in [0.15, 0.2) is 35.2 Å². The number of hydrogen-bond acceptors (Lipinski definition) is 3. The molecule has 1 rings (SSSR count). The first-order valence-electron chi connectivity index (χ1n) is 6.94. The Morgan fingerprint density at radius 3 is 2.37 bits per heavy atom. The molecule has 0 amide bonds. The van der Waals surface area contributed by atoms with Crippen molar-refractivity contribution in [1.29, 1.82) is 0 Å². The monoisotopic (exact) mass is 295 g/mol. The van der Waals surface area contributed by atoms with E-state index in [0.717, 1.165) is 24.4 Å². The Hall–Kier alpha value is -0.583. The second-order valence-corrected chi connectivity index (χ2v) is 11.7. The highest BCUT2D eigenvalue weighted by molar-refractivity contribution is 8.13. The number of carbonyl (C=O) groups excluding carboxylic acids is 1. The van der Waals surface area contributed by atoms with E-state index in [4.69, 9.17) is 0 Å². The van der Waals surface area contributed by atoms with Gasteiger partial charge in [0.15, 0.2) is 5.12 Å². The second kappa shape index (κ2) is 7.87. The van der Waals surface area contributed by atoms with Crippen molar-refractivity contribution in [3.05, 3.63) is 30.3 Å². The summed E-state index contributed by atoms with van der Waals surface area (Å²) in [5, 5.41) is 0.276. The van der Waals surface area contributed by atoms with Gasteiger partial charge in [0.2, 0.25) is 0 Å². The summed E-state index contributed by atoms with van der Waals surface area (Å²) in [5.41, 5.74) is 0. The summed E-state index contributed by atoms with van der Waals surface area (Å²) in [5.74, 6) is 0. The highest BCUT2D eigenvalue weighted by atomic mass is 32.2. The molecule has 0 radical (unpaired) electrons. The Labute approximate surface area is 122 Å². The quantitative estimate of drug-likeness (QED) is 0.554. The van der Waals surface area contributed by atoms with Crippen LogP contribution in [-0.2, 0) is 4.79 Å². The molecule has 2 nitrogen and oxygen atoms in total. The standard InChI is InChI=1S/C15H25NOSSi/c1-5-16(19(2,3)4)13-9-12-15(17)18-14-10-7-6-8-11-14/h6-8,10-11H,5,9,12-13H2,1-4H3. The predicted octanol–water partition coefficient (Wildman–Crippen LogP) is 4.24. The third-order valence-electron chi connectivity index (χ3n) is 3.11. The minimum Gasteiger partial charge on any atom is -0.324 e. The van der Waals surface area contributed by atoms with Crippen molar-refractivity contribution >= 4 is 25.1 Å². The summed E-state index contributed by atoms with van der Waals surface area (Å²) < 4.78 is 2.55. The van der Waals surface area contributed by atoms with Crippen molar-refractivity contribution in [2.24, 2.45) is 0 Å².